The van der Waals surface area contributed by atoms with E-state index < -0.39 is 12.1 Å². The van der Waals surface area contributed by atoms with Gasteiger partial charge in [0.1, 0.15) is 0 Å². The number of carbonyl (C=O) groups excluding carboxylic acids is 1. The Labute approximate surface area is 416 Å². The van der Waals surface area contributed by atoms with Gasteiger partial charge in [-0.15, -0.1) is 0 Å². The summed E-state index contributed by atoms with van der Waals surface area (Å²) in [4.78, 5) is 12.5. The summed E-state index contributed by atoms with van der Waals surface area (Å²) in [6.45, 7) is 4.36. The molecule has 0 radical (unpaired) electrons. The monoisotopic (exact) mass is 930 g/mol. The molecule has 1 amide bonds. The molecule has 0 aliphatic heterocycles. The second-order valence-corrected chi connectivity index (χ2v) is 21.5. The van der Waals surface area contributed by atoms with Crippen molar-refractivity contribution in [3.8, 4) is 0 Å². The Morgan fingerprint density at radius 3 is 0.788 bits per heavy atom. The summed E-state index contributed by atoms with van der Waals surface area (Å²) in [7, 11) is 0. The SMILES string of the molecule is CCCCCCCCCCCCCCCCCCCCCCCCCCCCCCCC/C=C/C(O)C(CO)NC(=O)CCCCCCCCCCCCCCCCCCCCCCCC. The highest BCUT2D eigenvalue weighted by Gasteiger charge is 2.18. The summed E-state index contributed by atoms with van der Waals surface area (Å²) in [6.07, 6.45) is 76.9. The Kier molecular flexibility index (Phi) is 57.7. The van der Waals surface area contributed by atoms with Crippen LogP contribution in [0.5, 0.6) is 0 Å². The Morgan fingerprint density at radius 1 is 0.348 bits per heavy atom. The zero-order valence-corrected chi connectivity index (χ0v) is 45.5. The zero-order chi connectivity index (χ0) is 47.7. The molecule has 0 rings (SSSR count). The smallest absolute Gasteiger partial charge is 0.220 e. The molecule has 66 heavy (non-hydrogen) atoms. The Hall–Kier alpha value is -0.870. The van der Waals surface area contributed by atoms with Gasteiger partial charge in [-0.25, -0.2) is 0 Å². The molecule has 3 N–H and O–H groups in total. The molecule has 0 bridgehead atoms. The van der Waals surface area contributed by atoms with Gasteiger partial charge < -0.3 is 15.5 Å². The van der Waals surface area contributed by atoms with E-state index in [-0.39, 0.29) is 12.5 Å². The first kappa shape index (κ1) is 65.1. The molecule has 0 saturated carbocycles. The molecule has 2 atom stereocenters. The summed E-state index contributed by atoms with van der Waals surface area (Å²) in [6, 6.07) is -0.619. The molecule has 0 fully saturated rings. The molecule has 394 valence electrons. The lowest BCUT2D eigenvalue weighted by molar-refractivity contribution is -0.123. The first-order chi connectivity index (χ1) is 32.7. The van der Waals surface area contributed by atoms with E-state index in [0.29, 0.717) is 6.42 Å². The predicted molar refractivity (Wildman–Crippen MR) is 295 cm³/mol. The van der Waals surface area contributed by atoms with Gasteiger partial charge in [-0.1, -0.05) is 347 Å². The normalized spacial score (nSPS) is 12.7. The number of carbonyl (C=O) groups is 1. The fourth-order valence-corrected chi connectivity index (χ4v) is 10.1. The molecule has 4 nitrogen and oxygen atoms in total. The quantitative estimate of drug-likeness (QED) is 0.0420. The Balaban J connectivity index is 3.41. The third-order valence-corrected chi connectivity index (χ3v) is 14.8. The maximum atomic E-state index is 12.5. The molecule has 0 aromatic rings. The van der Waals surface area contributed by atoms with Crippen molar-refractivity contribution in [3.63, 3.8) is 0 Å². The van der Waals surface area contributed by atoms with Crippen LogP contribution >= 0.6 is 0 Å². The second-order valence-electron chi connectivity index (χ2n) is 21.5. The number of allylic oxidation sites excluding steroid dienone is 1. The minimum atomic E-state index is -0.836. The third-order valence-electron chi connectivity index (χ3n) is 14.8. The van der Waals surface area contributed by atoms with E-state index in [0.717, 1.165) is 25.7 Å². The van der Waals surface area contributed by atoms with Crippen molar-refractivity contribution in [2.75, 3.05) is 6.61 Å². The van der Waals surface area contributed by atoms with Gasteiger partial charge in [0.15, 0.2) is 0 Å². The van der Waals surface area contributed by atoms with Gasteiger partial charge >= 0.3 is 0 Å². The van der Waals surface area contributed by atoms with Gasteiger partial charge in [-0.3, -0.25) is 4.79 Å². The summed E-state index contributed by atoms with van der Waals surface area (Å²) < 4.78 is 0. The number of nitrogens with one attached hydrogen (secondary N) is 1. The molecule has 0 heterocycles. The summed E-state index contributed by atoms with van der Waals surface area (Å²) in [5.41, 5.74) is 0. The van der Waals surface area contributed by atoms with E-state index in [2.05, 4.69) is 19.2 Å². The van der Waals surface area contributed by atoms with Crippen LogP contribution in [0.1, 0.15) is 361 Å². The standard InChI is InChI=1S/C62H123NO3/c1-3-5-7-9-11-13-15-17-19-21-23-25-27-28-29-30-31-32-33-34-35-36-37-39-41-43-45-47-49-51-53-55-57-61(65)60(59-64)63-62(66)58-56-54-52-50-48-46-44-42-40-38-26-24-22-20-18-16-14-12-10-8-6-4-2/h55,57,60-61,64-65H,3-54,56,58-59H2,1-2H3,(H,63,66)/b57-55+. The fraction of sp³-hybridized carbons (Fsp3) is 0.952. The molecule has 0 aliphatic rings. The van der Waals surface area contributed by atoms with Crippen LogP contribution in [0.15, 0.2) is 12.2 Å². The second kappa shape index (κ2) is 58.4. The minimum Gasteiger partial charge on any atom is -0.394 e. The fourth-order valence-electron chi connectivity index (χ4n) is 10.1. The summed E-state index contributed by atoms with van der Waals surface area (Å²) in [5, 5.41) is 23.2. The van der Waals surface area contributed by atoms with E-state index >= 15 is 0 Å². The van der Waals surface area contributed by atoms with Crippen LogP contribution in [-0.2, 0) is 4.79 Å². The Bertz CT molecular complexity index is 921. The minimum absolute atomic E-state index is 0.0549. The Morgan fingerprint density at radius 2 is 0.561 bits per heavy atom. The molecular formula is C62H123NO3. The molecule has 0 spiro atoms. The van der Waals surface area contributed by atoms with Crippen LogP contribution in [0.25, 0.3) is 0 Å². The van der Waals surface area contributed by atoms with E-state index in [1.165, 1.54) is 315 Å². The predicted octanol–water partition coefficient (Wildman–Crippen LogP) is 20.5. The van der Waals surface area contributed by atoms with Gasteiger partial charge in [-0.05, 0) is 19.3 Å². The lowest BCUT2D eigenvalue weighted by Crippen LogP contribution is -2.45. The van der Waals surface area contributed by atoms with E-state index in [1.807, 2.05) is 6.08 Å². The topological polar surface area (TPSA) is 69.6 Å². The highest BCUT2D eigenvalue weighted by molar-refractivity contribution is 5.76. The lowest BCUT2D eigenvalue weighted by atomic mass is 10.0. The molecule has 4 heteroatoms. The van der Waals surface area contributed by atoms with Crippen LogP contribution in [-0.4, -0.2) is 34.9 Å². The first-order valence-corrected chi connectivity index (χ1v) is 30.9. The van der Waals surface area contributed by atoms with Gasteiger partial charge in [0.05, 0.1) is 18.8 Å². The molecule has 0 saturated heterocycles. The van der Waals surface area contributed by atoms with Crippen LogP contribution < -0.4 is 5.32 Å². The van der Waals surface area contributed by atoms with Crippen molar-refractivity contribution >= 4 is 5.91 Å². The number of hydrogen-bond donors (Lipinski definition) is 3. The largest absolute Gasteiger partial charge is 0.394 e. The number of rotatable bonds is 58. The van der Waals surface area contributed by atoms with Crippen molar-refractivity contribution in [2.45, 2.75) is 373 Å². The van der Waals surface area contributed by atoms with Crippen molar-refractivity contribution < 1.29 is 15.0 Å². The molecule has 0 aromatic carbocycles. The lowest BCUT2D eigenvalue weighted by Gasteiger charge is -2.20. The average Bonchev–Trinajstić information content (AvgIpc) is 3.32. The molecule has 0 aliphatic carbocycles. The molecule has 0 aromatic heterocycles. The summed E-state index contributed by atoms with van der Waals surface area (Å²) in [5.74, 6) is -0.0549. The number of unbranched alkanes of at least 4 members (excludes halogenated alkanes) is 51. The zero-order valence-electron chi connectivity index (χ0n) is 45.5. The van der Waals surface area contributed by atoms with Crippen LogP contribution in [0, 0.1) is 0 Å². The van der Waals surface area contributed by atoms with Crippen LogP contribution in [0.4, 0.5) is 0 Å². The summed E-state index contributed by atoms with van der Waals surface area (Å²) >= 11 is 0. The van der Waals surface area contributed by atoms with Crippen molar-refractivity contribution in [3.05, 3.63) is 12.2 Å². The first-order valence-electron chi connectivity index (χ1n) is 30.9. The van der Waals surface area contributed by atoms with E-state index in [9.17, 15) is 15.0 Å². The van der Waals surface area contributed by atoms with Crippen molar-refractivity contribution in [1.29, 1.82) is 0 Å². The molecule has 2 unspecified atom stereocenters. The van der Waals surface area contributed by atoms with Gasteiger partial charge in [0.25, 0.3) is 0 Å². The number of hydrogen-bond acceptors (Lipinski definition) is 3. The van der Waals surface area contributed by atoms with Gasteiger partial charge in [-0.2, -0.15) is 0 Å². The van der Waals surface area contributed by atoms with Crippen LogP contribution in [0.2, 0.25) is 0 Å². The highest BCUT2D eigenvalue weighted by atomic mass is 16.3. The van der Waals surface area contributed by atoms with E-state index in [1.54, 1.807) is 6.08 Å². The number of aliphatic hydroxyl groups excluding tert-OH is 2. The van der Waals surface area contributed by atoms with Crippen LogP contribution in [0.3, 0.4) is 0 Å². The van der Waals surface area contributed by atoms with Crippen molar-refractivity contribution in [1.82, 2.24) is 5.32 Å². The maximum Gasteiger partial charge on any atom is 0.220 e. The molecular weight excluding hydrogens is 807 g/mol. The van der Waals surface area contributed by atoms with Gasteiger partial charge in [0.2, 0.25) is 5.91 Å². The third kappa shape index (κ3) is 54.1. The average molecular weight is 931 g/mol. The maximum absolute atomic E-state index is 12.5. The number of amides is 1. The highest BCUT2D eigenvalue weighted by Crippen LogP contribution is 2.19. The van der Waals surface area contributed by atoms with Crippen molar-refractivity contribution in [2.24, 2.45) is 0 Å². The van der Waals surface area contributed by atoms with Gasteiger partial charge in [0, 0.05) is 6.42 Å². The number of aliphatic hydroxyl groups is 2. The van der Waals surface area contributed by atoms with E-state index in [4.69, 9.17) is 0 Å².